The molecule has 3 nitrogen and oxygen atoms in total. The van der Waals surface area contributed by atoms with Crippen LogP contribution in [0.15, 0.2) is 65.1 Å². The zero-order valence-electron chi connectivity index (χ0n) is 17.6. The van der Waals surface area contributed by atoms with Gasteiger partial charge in [0.1, 0.15) is 5.82 Å². The lowest BCUT2D eigenvalue weighted by atomic mass is 9.92. The van der Waals surface area contributed by atoms with Crippen molar-refractivity contribution in [1.29, 1.82) is 5.26 Å². The van der Waals surface area contributed by atoms with E-state index in [0.717, 1.165) is 26.9 Å². The Morgan fingerprint density at radius 2 is 1.53 bits per heavy atom. The largest absolute Gasteiger partial charge is 0.292 e. The molecule has 30 heavy (non-hydrogen) atoms. The van der Waals surface area contributed by atoms with E-state index in [4.69, 9.17) is 4.98 Å². The monoisotopic (exact) mass is 457 g/mol. The summed E-state index contributed by atoms with van der Waals surface area (Å²) >= 11 is 3.72. The fourth-order valence-corrected chi connectivity index (χ4v) is 4.43. The molecule has 0 atom stereocenters. The Bertz CT molecular complexity index is 1230. The molecule has 3 aromatic carbocycles. The van der Waals surface area contributed by atoms with Crippen molar-refractivity contribution in [2.24, 2.45) is 0 Å². The number of hydrogen-bond acceptors (Lipinski definition) is 2. The van der Waals surface area contributed by atoms with E-state index >= 15 is 0 Å². The summed E-state index contributed by atoms with van der Waals surface area (Å²) in [6.45, 7) is 8.88. The number of benzene rings is 3. The molecule has 4 heteroatoms. The third-order valence-electron chi connectivity index (χ3n) is 5.42. The van der Waals surface area contributed by atoms with Crippen LogP contribution in [0, 0.1) is 11.3 Å². The highest BCUT2D eigenvalue weighted by atomic mass is 79.9. The normalized spacial score (nSPS) is 11.4. The van der Waals surface area contributed by atoms with Crippen LogP contribution < -0.4 is 0 Å². The minimum atomic E-state index is 0.329. The molecule has 0 unspecified atom stereocenters. The molecular formula is C26H24BrN3. The molecular weight excluding hydrogens is 434 g/mol. The van der Waals surface area contributed by atoms with Crippen LogP contribution in [0.2, 0.25) is 0 Å². The number of fused-ring (bicyclic) bond motifs is 1. The van der Waals surface area contributed by atoms with E-state index in [2.05, 4.69) is 78.5 Å². The Morgan fingerprint density at radius 1 is 0.900 bits per heavy atom. The highest BCUT2D eigenvalue weighted by molar-refractivity contribution is 9.10. The van der Waals surface area contributed by atoms with E-state index in [1.54, 1.807) is 0 Å². The summed E-state index contributed by atoms with van der Waals surface area (Å²) in [4.78, 5) is 5.00. The number of nitrogens with zero attached hydrogens (tertiary/aromatic N) is 3. The number of aromatic nitrogens is 2. The van der Waals surface area contributed by atoms with E-state index in [0.29, 0.717) is 17.4 Å². The molecule has 0 saturated carbocycles. The van der Waals surface area contributed by atoms with Gasteiger partial charge in [0.05, 0.1) is 28.4 Å². The quantitative estimate of drug-likeness (QED) is 0.316. The molecule has 1 heterocycles. The van der Waals surface area contributed by atoms with Crippen molar-refractivity contribution in [2.45, 2.75) is 39.5 Å². The summed E-state index contributed by atoms with van der Waals surface area (Å²) in [7, 11) is 0. The van der Waals surface area contributed by atoms with Gasteiger partial charge in [0, 0.05) is 10.0 Å². The molecule has 4 rings (SSSR count). The van der Waals surface area contributed by atoms with Crippen molar-refractivity contribution in [2.75, 3.05) is 0 Å². The van der Waals surface area contributed by atoms with Gasteiger partial charge in [0.2, 0.25) is 0 Å². The first-order valence-corrected chi connectivity index (χ1v) is 11.0. The lowest BCUT2D eigenvalue weighted by Gasteiger charge is -2.23. The first-order chi connectivity index (χ1) is 14.4. The maximum Gasteiger partial charge on any atom is 0.145 e. The molecule has 0 aliphatic rings. The van der Waals surface area contributed by atoms with Gasteiger partial charge in [0.25, 0.3) is 0 Å². The Labute approximate surface area is 186 Å². The molecule has 4 aromatic rings. The van der Waals surface area contributed by atoms with Crippen molar-refractivity contribution >= 4 is 27.0 Å². The van der Waals surface area contributed by atoms with Crippen LogP contribution in [0.3, 0.4) is 0 Å². The van der Waals surface area contributed by atoms with Crippen LogP contribution in [0.4, 0.5) is 0 Å². The molecule has 0 saturated heterocycles. The molecule has 0 N–H and O–H groups in total. The second kappa shape index (κ2) is 8.08. The maximum absolute atomic E-state index is 9.52. The van der Waals surface area contributed by atoms with Crippen molar-refractivity contribution in [3.63, 3.8) is 0 Å². The summed E-state index contributed by atoms with van der Waals surface area (Å²) in [6, 6.07) is 22.7. The summed E-state index contributed by atoms with van der Waals surface area (Å²) in [5.41, 5.74) is 7.22. The fourth-order valence-electron chi connectivity index (χ4n) is 3.93. The van der Waals surface area contributed by atoms with Gasteiger partial charge in [-0.3, -0.25) is 4.57 Å². The molecule has 0 bridgehead atoms. The van der Waals surface area contributed by atoms with Gasteiger partial charge in [-0.05, 0) is 53.3 Å². The van der Waals surface area contributed by atoms with Gasteiger partial charge < -0.3 is 0 Å². The van der Waals surface area contributed by atoms with E-state index in [-0.39, 0.29) is 0 Å². The highest BCUT2D eigenvalue weighted by Gasteiger charge is 2.23. The lowest BCUT2D eigenvalue weighted by Crippen LogP contribution is -2.09. The van der Waals surface area contributed by atoms with Gasteiger partial charge >= 0.3 is 0 Å². The third-order valence-corrected chi connectivity index (χ3v) is 5.87. The first-order valence-electron chi connectivity index (χ1n) is 10.2. The predicted molar refractivity (Wildman–Crippen MR) is 127 cm³/mol. The zero-order valence-corrected chi connectivity index (χ0v) is 19.2. The minimum absolute atomic E-state index is 0.329. The zero-order chi connectivity index (χ0) is 21.4. The first kappa shape index (κ1) is 20.4. The van der Waals surface area contributed by atoms with Crippen LogP contribution in [0.25, 0.3) is 28.1 Å². The van der Waals surface area contributed by atoms with Crippen LogP contribution in [-0.2, 0) is 0 Å². The number of halogens is 1. The molecule has 150 valence electrons. The lowest BCUT2D eigenvalue weighted by molar-refractivity contribution is 0.809. The van der Waals surface area contributed by atoms with Crippen molar-refractivity contribution in [3.05, 3.63) is 81.8 Å². The Hall–Kier alpha value is -2.90. The average Bonchev–Trinajstić information content (AvgIpc) is 3.11. The number of hydrogen-bond donors (Lipinski definition) is 0. The predicted octanol–water partition coefficient (Wildman–Crippen LogP) is 7.57. The number of rotatable bonds is 4. The Morgan fingerprint density at radius 3 is 2.10 bits per heavy atom. The van der Waals surface area contributed by atoms with Gasteiger partial charge in [0.15, 0.2) is 0 Å². The summed E-state index contributed by atoms with van der Waals surface area (Å²) < 4.78 is 3.34. The van der Waals surface area contributed by atoms with Crippen LogP contribution in [0.1, 0.15) is 56.2 Å². The molecule has 1 aromatic heterocycles. The topological polar surface area (TPSA) is 41.6 Å². The SMILES string of the molecule is CC(C)c1cc(Br)cc(C(C)C)c1-n1c(-c2ccccc2)nc2ccc(C#N)cc21. The van der Waals surface area contributed by atoms with E-state index in [1.807, 2.05) is 36.4 Å². The summed E-state index contributed by atoms with van der Waals surface area (Å²) in [5, 5.41) is 9.52. The molecule has 0 amide bonds. The summed E-state index contributed by atoms with van der Waals surface area (Å²) in [6.07, 6.45) is 0. The van der Waals surface area contributed by atoms with Crippen LogP contribution in [0.5, 0.6) is 0 Å². The molecule has 0 aliphatic carbocycles. The van der Waals surface area contributed by atoms with Gasteiger partial charge in [-0.2, -0.15) is 5.26 Å². The van der Waals surface area contributed by atoms with Crippen molar-refractivity contribution in [3.8, 4) is 23.1 Å². The Kier molecular flexibility index (Phi) is 5.49. The molecule has 0 radical (unpaired) electrons. The second-order valence-electron chi connectivity index (χ2n) is 8.19. The van der Waals surface area contributed by atoms with Gasteiger partial charge in [-0.15, -0.1) is 0 Å². The third kappa shape index (κ3) is 3.55. The van der Waals surface area contributed by atoms with Crippen molar-refractivity contribution < 1.29 is 0 Å². The van der Waals surface area contributed by atoms with E-state index in [1.165, 1.54) is 16.8 Å². The summed E-state index contributed by atoms with van der Waals surface area (Å²) in [5.74, 6) is 1.55. The van der Waals surface area contributed by atoms with Gasteiger partial charge in [-0.25, -0.2) is 4.98 Å². The fraction of sp³-hybridized carbons (Fsp3) is 0.231. The number of nitriles is 1. The second-order valence-corrected chi connectivity index (χ2v) is 9.11. The van der Waals surface area contributed by atoms with E-state index < -0.39 is 0 Å². The van der Waals surface area contributed by atoms with Crippen LogP contribution >= 0.6 is 15.9 Å². The standard InChI is InChI=1S/C26H24BrN3/c1-16(2)21-13-20(27)14-22(17(3)4)25(21)30-24-12-18(15-28)10-11-23(24)29-26(30)19-8-6-5-7-9-19/h5-14,16-17H,1-4H3. The van der Waals surface area contributed by atoms with Crippen molar-refractivity contribution in [1.82, 2.24) is 9.55 Å². The number of imidazole rings is 1. The Balaban J connectivity index is 2.19. The molecule has 0 aliphatic heterocycles. The molecule has 0 spiro atoms. The van der Waals surface area contributed by atoms with Crippen LogP contribution in [-0.4, -0.2) is 9.55 Å². The maximum atomic E-state index is 9.52. The highest BCUT2D eigenvalue weighted by Crippen LogP contribution is 2.39. The average molecular weight is 458 g/mol. The molecule has 0 fully saturated rings. The smallest absolute Gasteiger partial charge is 0.145 e. The van der Waals surface area contributed by atoms with Gasteiger partial charge in [-0.1, -0.05) is 74.0 Å². The van der Waals surface area contributed by atoms with E-state index in [9.17, 15) is 5.26 Å². The minimum Gasteiger partial charge on any atom is -0.292 e.